The molecule has 0 unspecified atom stereocenters. The molecule has 3 rings (SSSR count). The topological polar surface area (TPSA) is 86.9 Å². The van der Waals surface area contributed by atoms with E-state index in [0.29, 0.717) is 11.3 Å². The molecule has 148 valence electrons. The second kappa shape index (κ2) is 8.42. The molecule has 0 fully saturated rings. The first-order valence-corrected chi connectivity index (χ1v) is 8.39. The van der Waals surface area contributed by atoms with E-state index >= 15 is 0 Å². The largest absolute Gasteiger partial charge is 0.416 e. The molecule has 2 aromatic carbocycles. The van der Waals surface area contributed by atoms with Gasteiger partial charge in [-0.05, 0) is 29.8 Å². The molecule has 0 saturated carbocycles. The van der Waals surface area contributed by atoms with Gasteiger partial charge in [-0.1, -0.05) is 42.5 Å². The smallest absolute Gasteiger partial charge is 0.272 e. The molecular weight excluding hydrogens is 385 g/mol. The van der Waals surface area contributed by atoms with E-state index in [0.717, 1.165) is 23.8 Å². The third-order valence-electron chi connectivity index (χ3n) is 3.86. The quantitative estimate of drug-likeness (QED) is 0.462. The molecule has 0 spiro atoms. The fourth-order valence-corrected chi connectivity index (χ4v) is 2.38. The fourth-order valence-electron chi connectivity index (χ4n) is 2.38. The summed E-state index contributed by atoms with van der Waals surface area (Å²) in [7, 11) is 0. The minimum absolute atomic E-state index is 0.149. The number of benzene rings is 2. The van der Waals surface area contributed by atoms with Gasteiger partial charge in [-0.25, -0.2) is 0 Å². The molecule has 6 nitrogen and oxygen atoms in total. The molecule has 0 aliphatic heterocycles. The van der Waals surface area contributed by atoms with Crippen LogP contribution in [0.2, 0.25) is 0 Å². The molecule has 9 heteroatoms. The van der Waals surface area contributed by atoms with E-state index in [2.05, 4.69) is 21.0 Å². The first-order chi connectivity index (χ1) is 13.8. The lowest BCUT2D eigenvalue weighted by Gasteiger charge is -2.06. The Bertz CT molecular complexity index is 1030. The Labute approximate surface area is 163 Å². The zero-order chi connectivity index (χ0) is 20.9. The summed E-state index contributed by atoms with van der Waals surface area (Å²) in [6.07, 6.45) is -2.01. The molecule has 3 aromatic rings. The highest BCUT2D eigenvalue weighted by Gasteiger charge is 2.29. The number of aromatic amines is 1. The second-order valence-electron chi connectivity index (χ2n) is 5.93. The Kier molecular flexibility index (Phi) is 5.77. The number of alkyl halides is 3. The van der Waals surface area contributed by atoms with Crippen LogP contribution in [0.3, 0.4) is 0 Å². The highest BCUT2D eigenvalue weighted by molar-refractivity contribution is 5.97. The molecule has 3 N–H and O–H groups in total. The van der Waals surface area contributed by atoms with Crippen LogP contribution in [0, 0.1) is 0 Å². The Balaban J connectivity index is 1.53. The summed E-state index contributed by atoms with van der Waals surface area (Å²) < 4.78 is 37.6. The van der Waals surface area contributed by atoms with Crippen LogP contribution in [0.1, 0.15) is 21.6 Å². The van der Waals surface area contributed by atoms with Crippen LogP contribution in [0.25, 0.3) is 17.3 Å². The highest BCUT2D eigenvalue weighted by Crippen LogP contribution is 2.29. The van der Waals surface area contributed by atoms with Crippen molar-refractivity contribution in [2.75, 3.05) is 0 Å². The van der Waals surface area contributed by atoms with Crippen molar-refractivity contribution in [1.82, 2.24) is 21.0 Å². The molecule has 29 heavy (non-hydrogen) atoms. The summed E-state index contributed by atoms with van der Waals surface area (Å²) in [5.41, 5.74) is 5.58. The van der Waals surface area contributed by atoms with Crippen LogP contribution in [-0.4, -0.2) is 22.0 Å². The summed E-state index contributed by atoms with van der Waals surface area (Å²) in [5, 5.41) is 6.62. The maximum absolute atomic E-state index is 12.5. The number of rotatable bonds is 4. The number of aromatic nitrogens is 2. The molecule has 1 heterocycles. The Hall–Kier alpha value is -3.88. The van der Waals surface area contributed by atoms with Crippen molar-refractivity contribution in [3.05, 3.63) is 83.6 Å². The van der Waals surface area contributed by atoms with Gasteiger partial charge < -0.3 is 0 Å². The molecule has 0 saturated heterocycles. The van der Waals surface area contributed by atoms with Gasteiger partial charge in [-0.15, -0.1) is 0 Å². The number of hydrogen-bond donors (Lipinski definition) is 3. The van der Waals surface area contributed by atoms with E-state index in [-0.39, 0.29) is 5.69 Å². The van der Waals surface area contributed by atoms with Gasteiger partial charge in [0.15, 0.2) is 0 Å². The van der Waals surface area contributed by atoms with Gasteiger partial charge in [0.2, 0.25) is 0 Å². The van der Waals surface area contributed by atoms with Crippen molar-refractivity contribution in [3.63, 3.8) is 0 Å². The van der Waals surface area contributed by atoms with Crippen molar-refractivity contribution >= 4 is 17.9 Å². The number of nitrogens with zero attached hydrogens (tertiary/aromatic N) is 1. The van der Waals surface area contributed by atoms with Crippen molar-refractivity contribution in [2.45, 2.75) is 6.18 Å². The van der Waals surface area contributed by atoms with Crippen LogP contribution < -0.4 is 10.9 Å². The summed E-state index contributed by atoms with van der Waals surface area (Å²) in [4.78, 5) is 23.9. The normalized spacial score (nSPS) is 11.4. The third kappa shape index (κ3) is 5.32. The van der Waals surface area contributed by atoms with Gasteiger partial charge in [0.25, 0.3) is 11.8 Å². The first-order valence-electron chi connectivity index (χ1n) is 8.39. The molecule has 0 aliphatic carbocycles. The highest BCUT2D eigenvalue weighted by atomic mass is 19.4. The molecule has 0 atom stereocenters. The minimum Gasteiger partial charge on any atom is -0.272 e. The average molecular weight is 400 g/mol. The Morgan fingerprint density at radius 2 is 1.66 bits per heavy atom. The zero-order valence-electron chi connectivity index (χ0n) is 14.8. The van der Waals surface area contributed by atoms with Gasteiger partial charge >= 0.3 is 6.18 Å². The standard InChI is InChI=1S/C20H15F3N4O2/c21-20(22,23)15-9-6-13(7-10-15)8-11-18(28)26-27-19(29)17-12-16(24-25-17)14-4-2-1-3-5-14/h1-12H,(H,24,25)(H,26,28)(H,27,29)/b11-8+. The molecule has 1 aromatic heterocycles. The third-order valence-corrected chi connectivity index (χ3v) is 3.86. The maximum atomic E-state index is 12.5. The molecular formula is C20H15F3N4O2. The van der Waals surface area contributed by atoms with Crippen LogP contribution >= 0.6 is 0 Å². The number of carbonyl (C=O) groups excluding carboxylic acids is 2. The molecule has 0 bridgehead atoms. The van der Waals surface area contributed by atoms with Crippen molar-refractivity contribution in [1.29, 1.82) is 0 Å². The SMILES string of the molecule is O=C(/C=C/c1ccc(C(F)(F)F)cc1)NNC(=O)c1cc(-c2ccccc2)n[nH]1. The predicted molar refractivity (Wildman–Crippen MR) is 100 cm³/mol. The van der Waals surface area contributed by atoms with Crippen molar-refractivity contribution < 1.29 is 22.8 Å². The number of hydrogen-bond acceptors (Lipinski definition) is 3. The van der Waals surface area contributed by atoms with Crippen LogP contribution in [-0.2, 0) is 11.0 Å². The lowest BCUT2D eigenvalue weighted by atomic mass is 10.1. The molecule has 0 radical (unpaired) electrons. The summed E-state index contributed by atoms with van der Waals surface area (Å²) in [5.74, 6) is -1.25. The van der Waals surface area contributed by atoms with Crippen LogP contribution in [0.5, 0.6) is 0 Å². The van der Waals surface area contributed by atoms with E-state index < -0.39 is 23.6 Å². The Morgan fingerprint density at radius 1 is 0.966 bits per heavy atom. The summed E-state index contributed by atoms with van der Waals surface area (Å²) >= 11 is 0. The maximum Gasteiger partial charge on any atom is 0.416 e. The van der Waals surface area contributed by atoms with E-state index in [4.69, 9.17) is 0 Å². The van der Waals surface area contributed by atoms with Gasteiger partial charge in [0.1, 0.15) is 5.69 Å². The predicted octanol–water partition coefficient (Wildman–Crippen LogP) is 3.57. The first kappa shape index (κ1) is 19.9. The number of amides is 2. The van der Waals surface area contributed by atoms with Crippen molar-refractivity contribution in [2.24, 2.45) is 0 Å². The van der Waals surface area contributed by atoms with E-state index in [9.17, 15) is 22.8 Å². The Morgan fingerprint density at radius 3 is 2.31 bits per heavy atom. The number of nitrogens with one attached hydrogen (secondary N) is 3. The van der Waals surface area contributed by atoms with E-state index in [1.807, 2.05) is 30.3 Å². The van der Waals surface area contributed by atoms with Gasteiger partial charge in [0, 0.05) is 11.6 Å². The summed E-state index contributed by atoms with van der Waals surface area (Å²) in [6, 6.07) is 15.1. The average Bonchev–Trinajstić information content (AvgIpc) is 3.21. The fraction of sp³-hybridized carbons (Fsp3) is 0.0500. The van der Waals surface area contributed by atoms with Crippen LogP contribution in [0.15, 0.2) is 66.7 Å². The second-order valence-corrected chi connectivity index (χ2v) is 5.93. The molecule has 2 amide bonds. The number of carbonyl (C=O) groups is 2. The van der Waals surface area contributed by atoms with E-state index in [1.54, 1.807) is 0 Å². The van der Waals surface area contributed by atoms with Gasteiger partial charge in [0.05, 0.1) is 11.3 Å². The van der Waals surface area contributed by atoms with Crippen molar-refractivity contribution in [3.8, 4) is 11.3 Å². The lowest BCUT2D eigenvalue weighted by Crippen LogP contribution is -2.40. The summed E-state index contributed by atoms with van der Waals surface area (Å²) in [6.45, 7) is 0. The minimum atomic E-state index is -4.42. The monoisotopic (exact) mass is 400 g/mol. The zero-order valence-corrected chi connectivity index (χ0v) is 14.8. The van der Waals surface area contributed by atoms with Gasteiger partial charge in [-0.3, -0.25) is 25.5 Å². The van der Waals surface area contributed by atoms with Crippen LogP contribution in [0.4, 0.5) is 13.2 Å². The van der Waals surface area contributed by atoms with Gasteiger partial charge in [-0.2, -0.15) is 18.3 Å². The lowest BCUT2D eigenvalue weighted by molar-refractivity contribution is -0.137. The number of halogens is 3. The number of H-pyrrole nitrogens is 1. The number of hydrazine groups is 1. The van der Waals surface area contributed by atoms with E-state index in [1.165, 1.54) is 24.3 Å². The molecule has 0 aliphatic rings.